The Morgan fingerprint density at radius 2 is 2.32 bits per heavy atom. The Balaban J connectivity index is 2.15. The van der Waals surface area contributed by atoms with E-state index in [-0.39, 0.29) is 17.1 Å². The second-order valence-corrected chi connectivity index (χ2v) is 4.97. The Hall–Kier alpha value is -1.54. The molecule has 0 unspecified atom stereocenters. The molecule has 3 rings (SSSR count). The molecule has 118 valence electrons. The number of benzene rings is 1. The number of aryl methyl sites for hydroxylation is 1. The van der Waals surface area contributed by atoms with E-state index in [2.05, 4.69) is 0 Å². The van der Waals surface area contributed by atoms with Gasteiger partial charge in [0.05, 0.1) is 12.9 Å². The monoisotopic (exact) mass is 334 g/mol. The Labute approximate surface area is 144 Å². The van der Waals surface area contributed by atoms with E-state index in [0.29, 0.717) is 0 Å². The largest absolute Gasteiger partial charge is 0.477 e. The van der Waals surface area contributed by atoms with E-state index < -0.39 is 64.8 Å². The number of hydrogen-bond donors (Lipinski definition) is 3. The normalized spacial score (nSPS) is 51.6. The average Bonchev–Trinajstić information content (AvgIpc) is 2.59. The summed E-state index contributed by atoms with van der Waals surface area (Å²) in [7, 11) is 0. The molecular weight excluding hydrogens is 308 g/mol. The van der Waals surface area contributed by atoms with Crippen LogP contribution in [0.5, 0.6) is 5.75 Å². The van der Waals surface area contributed by atoms with Crippen LogP contribution in [0.15, 0.2) is 33.5 Å². The van der Waals surface area contributed by atoms with Crippen molar-refractivity contribution in [1.82, 2.24) is 0 Å². The van der Waals surface area contributed by atoms with Gasteiger partial charge < -0.3 is 24.5 Å². The smallest absolute Gasteiger partial charge is 0.336 e. The predicted molar refractivity (Wildman–Crippen MR) is 82.1 cm³/mol. The van der Waals surface area contributed by atoms with Gasteiger partial charge >= 0.3 is 5.63 Å². The third kappa shape index (κ3) is 2.85. The molecule has 0 spiro atoms. The van der Waals surface area contributed by atoms with Crippen LogP contribution in [0.3, 0.4) is 0 Å². The molecule has 1 aliphatic heterocycles. The van der Waals surface area contributed by atoms with Crippen LogP contribution in [0, 0.1) is 6.85 Å². The molecule has 22 heavy (non-hydrogen) atoms. The van der Waals surface area contributed by atoms with Crippen molar-refractivity contribution in [2.45, 2.75) is 30.5 Å². The molecule has 0 radical (unpaired) electrons. The molecule has 0 amide bonds. The van der Waals surface area contributed by atoms with Crippen LogP contribution in [-0.4, -0.2) is 44.7 Å². The molecule has 1 saturated heterocycles. The van der Waals surface area contributed by atoms with Crippen molar-refractivity contribution in [3.8, 4) is 5.75 Å². The van der Waals surface area contributed by atoms with E-state index in [1.165, 1.54) is 0 Å². The highest BCUT2D eigenvalue weighted by molar-refractivity contribution is 7.99. The van der Waals surface area contributed by atoms with E-state index in [1.807, 2.05) is 0 Å². The maximum absolute atomic E-state index is 11.9. The fourth-order valence-electron chi connectivity index (χ4n) is 1.73. The summed E-state index contributed by atoms with van der Waals surface area (Å²) in [6.07, 6.45) is -11.5. The van der Waals surface area contributed by atoms with Crippen molar-refractivity contribution in [1.29, 1.82) is 0 Å². The highest BCUT2D eigenvalue weighted by Crippen LogP contribution is 2.30. The van der Waals surface area contributed by atoms with E-state index in [9.17, 15) is 20.1 Å². The third-order valence-corrected chi connectivity index (χ3v) is 3.50. The van der Waals surface area contributed by atoms with Crippen molar-refractivity contribution < 1.29 is 38.2 Å². The van der Waals surface area contributed by atoms with Crippen LogP contribution < -0.4 is 10.4 Å². The van der Waals surface area contributed by atoms with Crippen molar-refractivity contribution in [3.63, 3.8) is 0 Å². The van der Waals surface area contributed by atoms with Gasteiger partial charge in [-0.05, 0) is 24.5 Å². The number of aliphatic hydroxyl groups is 3. The molecule has 1 aromatic heterocycles. The van der Waals surface area contributed by atoms with Gasteiger partial charge in [0.1, 0.15) is 23.5 Å². The summed E-state index contributed by atoms with van der Waals surface area (Å²) in [5.74, 6) is -0.481. The van der Waals surface area contributed by atoms with Gasteiger partial charge in [0.2, 0.25) is 0 Å². The lowest BCUT2D eigenvalue weighted by atomic mass is 10.1. The zero-order chi connectivity index (χ0) is 24.7. The molecule has 0 saturated carbocycles. The van der Waals surface area contributed by atoms with Gasteiger partial charge in [0, 0.05) is 30.1 Å². The molecule has 6 nitrogen and oxygen atoms in total. The van der Waals surface area contributed by atoms with Crippen LogP contribution in [0.2, 0.25) is 0 Å². The highest BCUT2D eigenvalue weighted by atomic mass is 32.2. The van der Waals surface area contributed by atoms with Crippen molar-refractivity contribution in [3.05, 3.63) is 40.2 Å². The summed E-state index contributed by atoms with van der Waals surface area (Å²) in [4.78, 5) is 11.9. The van der Waals surface area contributed by atoms with Crippen molar-refractivity contribution >= 4 is 22.7 Å². The molecule has 4 atom stereocenters. The van der Waals surface area contributed by atoms with Gasteiger partial charge in [-0.15, -0.1) is 11.8 Å². The highest BCUT2D eigenvalue weighted by Gasteiger charge is 2.38. The number of ether oxygens (including phenoxy) is 1. The number of hydrogen-bond acceptors (Lipinski definition) is 7. The van der Waals surface area contributed by atoms with Gasteiger partial charge in [-0.2, -0.15) is 0 Å². The van der Waals surface area contributed by atoms with Crippen LogP contribution in [0.4, 0.5) is 0 Å². The Kier molecular flexibility index (Phi) is 1.98. The fourth-order valence-corrected chi connectivity index (χ4v) is 2.35. The zero-order valence-corrected chi connectivity index (χ0v) is 11.5. The summed E-state index contributed by atoms with van der Waals surface area (Å²) >= 11 is -0.369. The van der Waals surface area contributed by atoms with E-state index >= 15 is 0 Å². The van der Waals surface area contributed by atoms with E-state index in [4.69, 9.17) is 22.9 Å². The molecule has 0 bridgehead atoms. The average molecular weight is 334 g/mol. The number of fused-ring (bicyclic) bond motifs is 1. The van der Waals surface area contributed by atoms with Gasteiger partial charge in [-0.1, -0.05) is 0 Å². The minimum absolute atomic E-state index is 0.175. The minimum atomic E-state index is -3.96. The van der Waals surface area contributed by atoms with Crippen LogP contribution in [0.25, 0.3) is 11.0 Å². The second-order valence-electron chi connectivity index (χ2n) is 4.19. The number of thioether (sulfide) groups is 1. The summed E-state index contributed by atoms with van der Waals surface area (Å²) < 4.78 is 87.2. The van der Waals surface area contributed by atoms with Crippen molar-refractivity contribution in [2.75, 3.05) is 5.70 Å². The SMILES string of the molecule is [2H]c1c(C([2H])([2H])[2H])c2ccc(O[C@]3([2H])SC([2H])([2H])[C@@]([2H])(O)[C@]([2H])(O)[C@@]3([2H])O)cc2oc1=O. The maximum Gasteiger partial charge on any atom is 0.336 e. The molecule has 7 heteroatoms. The molecule has 3 N–H and O–H groups in total. The van der Waals surface area contributed by atoms with Gasteiger partial charge in [-0.3, -0.25) is 0 Å². The van der Waals surface area contributed by atoms with E-state index in [0.717, 1.165) is 18.2 Å². The van der Waals surface area contributed by atoms with E-state index in [1.54, 1.807) is 0 Å². The Morgan fingerprint density at radius 1 is 1.50 bits per heavy atom. The first-order valence-electron chi connectivity index (χ1n) is 10.8. The summed E-state index contributed by atoms with van der Waals surface area (Å²) in [6.45, 7) is -2.86. The first-order valence-corrected chi connectivity index (χ1v) is 6.65. The fraction of sp³-hybridized carbons (Fsp3) is 0.400. The molecule has 1 aliphatic rings. The lowest BCUT2D eigenvalue weighted by Crippen LogP contribution is -2.50. The first-order chi connectivity index (χ1) is 14.2. The predicted octanol–water partition coefficient (Wildman–Crippen LogP) is 0.636. The Bertz CT molecular complexity index is 1140. The molecule has 2 heterocycles. The van der Waals surface area contributed by atoms with Gasteiger partial charge in [0.25, 0.3) is 0 Å². The molecule has 1 aromatic carbocycles. The van der Waals surface area contributed by atoms with Gasteiger partial charge in [0.15, 0.2) is 5.41 Å². The van der Waals surface area contributed by atoms with Crippen LogP contribution >= 0.6 is 11.8 Å². The van der Waals surface area contributed by atoms with Crippen molar-refractivity contribution in [2.24, 2.45) is 0 Å². The summed E-state index contributed by atoms with van der Waals surface area (Å²) in [5, 5.41) is 30.3. The zero-order valence-electron chi connectivity index (χ0n) is 20.7. The molecule has 2 aromatic rings. The number of rotatable bonds is 2. The summed E-state index contributed by atoms with van der Waals surface area (Å²) in [6, 6.07) is 2.03. The summed E-state index contributed by atoms with van der Waals surface area (Å²) in [5.41, 5.74) is -8.83. The van der Waals surface area contributed by atoms with Gasteiger partial charge in [-0.25, -0.2) is 4.79 Å². The lowest BCUT2D eigenvalue weighted by molar-refractivity contribution is -0.0786. The minimum Gasteiger partial charge on any atom is -0.477 e. The third-order valence-electron chi connectivity index (χ3n) is 2.75. The second kappa shape index (κ2) is 5.92. The standard InChI is InChI=1S/C15H16O6S/c1-7-4-12(17)21-11-5-8(2-3-9(7)11)20-15-14(19)13(18)10(16)6-22-15/h2-5,10,13-16,18-19H,6H2,1H3/t10-,13+,14-,15-/m1/s1/i1D3,4D,6D2,10D,13D,14D,15D. The Morgan fingerprint density at radius 3 is 3.09 bits per heavy atom. The maximum atomic E-state index is 11.9. The van der Waals surface area contributed by atoms with Crippen LogP contribution in [-0.2, 0) is 0 Å². The van der Waals surface area contributed by atoms with Crippen LogP contribution in [0.1, 0.15) is 19.3 Å². The topological polar surface area (TPSA) is 100 Å². The first kappa shape index (κ1) is 7.35. The molecular formula is C15H16O6S. The quantitative estimate of drug-likeness (QED) is 0.693. The lowest BCUT2D eigenvalue weighted by Gasteiger charge is -2.34. The molecule has 1 fully saturated rings. The molecule has 0 aliphatic carbocycles.